The molecule has 0 radical (unpaired) electrons. The topological polar surface area (TPSA) is 82.5 Å². The highest BCUT2D eigenvalue weighted by Crippen LogP contribution is 2.20. The van der Waals surface area contributed by atoms with Crippen molar-refractivity contribution in [3.63, 3.8) is 0 Å². The molecule has 1 amide bonds. The molecular formula is C20H32N4O4S. The van der Waals surface area contributed by atoms with Crippen molar-refractivity contribution < 1.29 is 17.9 Å². The Morgan fingerprint density at radius 3 is 2.72 bits per heavy atom. The number of morpholine rings is 1. The Morgan fingerprint density at radius 2 is 1.97 bits per heavy atom. The van der Waals surface area contributed by atoms with Gasteiger partial charge in [0.2, 0.25) is 0 Å². The summed E-state index contributed by atoms with van der Waals surface area (Å²) in [4.78, 5) is 19.3. The third-order valence-electron chi connectivity index (χ3n) is 5.45. The minimum absolute atomic E-state index is 0.0277. The summed E-state index contributed by atoms with van der Waals surface area (Å²) in [5.74, 6) is 0.0914. The first kappa shape index (κ1) is 22.0. The van der Waals surface area contributed by atoms with Gasteiger partial charge in [-0.25, -0.2) is 8.42 Å². The van der Waals surface area contributed by atoms with Gasteiger partial charge >= 0.3 is 0 Å². The fourth-order valence-corrected chi connectivity index (χ4v) is 4.67. The third-order valence-corrected chi connectivity index (χ3v) is 6.60. The van der Waals surface area contributed by atoms with Crippen molar-refractivity contribution in [2.75, 3.05) is 58.2 Å². The van der Waals surface area contributed by atoms with Crippen LogP contribution in [-0.4, -0.2) is 93.1 Å². The molecular weight excluding hydrogens is 392 g/mol. The zero-order valence-electron chi connectivity index (χ0n) is 17.3. The normalized spacial score (nSPS) is 21.3. The molecule has 1 saturated heterocycles. The average molecular weight is 425 g/mol. The Labute approximate surface area is 173 Å². The number of fused-ring (bicyclic) bond motifs is 1. The van der Waals surface area contributed by atoms with Crippen LogP contribution in [0.1, 0.15) is 32.6 Å². The monoisotopic (exact) mass is 424 g/mol. The summed E-state index contributed by atoms with van der Waals surface area (Å²) < 4.78 is 33.3. The lowest BCUT2D eigenvalue weighted by Gasteiger charge is -2.33. The standard InChI is InChI=1S/C20H32N4O4S/c1-2-3-4-5-8-24(11-10-22-12-15-28-16-13-22)20(25)18-7-6-9-23-14-17-29(26,27)21-19(18)23/h6-7,9H,2-5,8,10-17H2,1H3. The molecule has 3 aliphatic rings. The van der Waals surface area contributed by atoms with E-state index in [0.29, 0.717) is 25.2 Å². The number of ether oxygens (including phenoxy) is 1. The van der Waals surface area contributed by atoms with Gasteiger partial charge in [-0.05, 0) is 18.6 Å². The molecule has 0 aromatic rings. The first-order valence-corrected chi connectivity index (χ1v) is 12.2. The van der Waals surface area contributed by atoms with E-state index in [1.165, 1.54) is 0 Å². The zero-order chi connectivity index (χ0) is 20.7. The van der Waals surface area contributed by atoms with E-state index in [1.807, 2.05) is 4.90 Å². The van der Waals surface area contributed by atoms with Crippen LogP contribution in [0.3, 0.4) is 0 Å². The van der Waals surface area contributed by atoms with E-state index in [0.717, 1.165) is 58.5 Å². The van der Waals surface area contributed by atoms with E-state index < -0.39 is 10.0 Å². The number of nitrogens with zero attached hydrogens (tertiary/aromatic N) is 4. The molecule has 3 rings (SSSR count). The minimum atomic E-state index is -3.52. The van der Waals surface area contributed by atoms with E-state index >= 15 is 0 Å². The van der Waals surface area contributed by atoms with Crippen LogP contribution in [0.5, 0.6) is 0 Å². The molecule has 0 saturated carbocycles. The summed E-state index contributed by atoms with van der Waals surface area (Å²) in [7, 11) is -3.52. The van der Waals surface area contributed by atoms with Gasteiger partial charge in [0, 0.05) is 45.5 Å². The number of carbonyl (C=O) groups excluding carboxylic acids is 1. The Hall–Kier alpha value is -1.71. The van der Waals surface area contributed by atoms with Crippen LogP contribution in [0.2, 0.25) is 0 Å². The van der Waals surface area contributed by atoms with E-state index in [2.05, 4.69) is 16.2 Å². The molecule has 29 heavy (non-hydrogen) atoms. The number of amidine groups is 1. The maximum Gasteiger partial charge on any atom is 0.257 e. The smallest absolute Gasteiger partial charge is 0.257 e. The lowest BCUT2D eigenvalue weighted by molar-refractivity contribution is -0.127. The average Bonchev–Trinajstić information content (AvgIpc) is 2.72. The van der Waals surface area contributed by atoms with Crippen LogP contribution in [0, 0.1) is 0 Å². The van der Waals surface area contributed by atoms with Gasteiger partial charge in [-0.15, -0.1) is 4.40 Å². The van der Waals surface area contributed by atoms with Crippen LogP contribution in [0.25, 0.3) is 0 Å². The highest BCUT2D eigenvalue weighted by atomic mass is 32.2. The van der Waals surface area contributed by atoms with Gasteiger partial charge < -0.3 is 14.5 Å². The predicted octanol–water partition coefficient (Wildman–Crippen LogP) is 1.23. The lowest BCUT2D eigenvalue weighted by atomic mass is 10.1. The van der Waals surface area contributed by atoms with Crippen molar-refractivity contribution >= 4 is 21.8 Å². The number of unbranched alkanes of at least 4 members (excludes halogenated alkanes) is 3. The molecule has 8 nitrogen and oxygen atoms in total. The molecule has 0 N–H and O–H groups in total. The summed E-state index contributed by atoms with van der Waals surface area (Å²) in [6.45, 7) is 7.78. The van der Waals surface area contributed by atoms with Crippen LogP contribution < -0.4 is 0 Å². The molecule has 0 bridgehead atoms. The number of hydrogen-bond donors (Lipinski definition) is 0. The highest BCUT2D eigenvalue weighted by molar-refractivity contribution is 7.90. The number of amides is 1. The van der Waals surface area contributed by atoms with E-state index in [1.54, 1.807) is 23.3 Å². The second kappa shape index (κ2) is 10.4. The van der Waals surface area contributed by atoms with E-state index in [-0.39, 0.29) is 17.5 Å². The molecule has 0 atom stereocenters. The number of hydrogen-bond acceptors (Lipinski definition) is 6. The highest BCUT2D eigenvalue weighted by Gasteiger charge is 2.32. The second-order valence-corrected chi connectivity index (χ2v) is 9.38. The molecule has 162 valence electrons. The van der Waals surface area contributed by atoms with Gasteiger partial charge in [-0.2, -0.15) is 0 Å². The molecule has 1 fully saturated rings. The summed E-state index contributed by atoms with van der Waals surface area (Å²) in [5.41, 5.74) is 0.369. The maximum absolute atomic E-state index is 13.4. The Morgan fingerprint density at radius 1 is 1.17 bits per heavy atom. The largest absolute Gasteiger partial charge is 0.379 e. The Balaban J connectivity index is 1.72. The molecule has 3 heterocycles. The number of carbonyl (C=O) groups is 1. The molecule has 0 aromatic carbocycles. The third kappa shape index (κ3) is 6.13. The van der Waals surface area contributed by atoms with Crippen molar-refractivity contribution in [3.8, 4) is 0 Å². The quantitative estimate of drug-likeness (QED) is 0.518. The number of sulfonamides is 1. The molecule has 0 aromatic heterocycles. The maximum atomic E-state index is 13.4. The molecule has 0 spiro atoms. The molecule has 0 unspecified atom stereocenters. The molecule has 9 heteroatoms. The van der Waals surface area contributed by atoms with Crippen molar-refractivity contribution in [2.45, 2.75) is 32.6 Å². The SMILES string of the molecule is CCCCCCN(CCN1CCOCC1)C(=O)C1=CC=CN2CCS(=O)(=O)N=C12. The van der Waals surface area contributed by atoms with E-state index in [9.17, 15) is 13.2 Å². The summed E-state index contributed by atoms with van der Waals surface area (Å²) in [6.07, 6.45) is 9.58. The second-order valence-electron chi connectivity index (χ2n) is 7.62. The summed E-state index contributed by atoms with van der Waals surface area (Å²) in [6, 6.07) is 0. The first-order valence-electron chi connectivity index (χ1n) is 10.6. The number of rotatable bonds is 9. The van der Waals surface area contributed by atoms with Crippen LogP contribution in [-0.2, 0) is 19.6 Å². The van der Waals surface area contributed by atoms with Crippen LogP contribution in [0.15, 0.2) is 28.3 Å². The summed E-state index contributed by atoms with van der Waals surface area (Å²) >= 11 is 0. The zero-order valence-corrected chi connectivity index (χ0v) is 18.1. The summed E-state index contributed by atoms with van der Waals surface area (Å²) in [5, 5.41) is 0. The fourth-order valence-electron chi connectivity index (χ4n) is 3.68. The van der Waals surface area contributed by atoms with E-state index in [4.69, 9.17) is 4.74 Å². The predicted molar refractivity (Wildman–Crippen MR) is 113 cm³/mol. The van der Waals surface area contributed by atoms with Gasteiger partial charge in [-0.1, -0.05) is 26.2 Å². The fraction of sp³-hybridized carbons (Fsp3) is 0.700. The van der Waals surface area contributed by atoms with Crippen LogP contribution in [0.4, 0.5) is 0 Å². The van der Waals surface area contributed by atoms with Crippen molar-refractivity contribution in [3.05, 3.63) is 23.9 Å². The Kier molecular flexibility index (Phi) is 7.85. The lowest BCUT2D eigenvalue weighted by Crippen LogP contribution is -2.46. The van der Waals surface area contributed by atoms with Gasteiger partial charge in [0.15, 0.2) is 5.84 Å². The number of allylic oxidation sites excluding steroid dienone is 2. The van der Waals surface area contributed by atoms with Crippen molar-refractivity contribution in [1.29, 1.82) is 0 Å². The van der Waals surface area contributed by atoms with Gasteiger partial charge in [0.1, 0.15) is 0 Å². The first-order chi connectivity index (χ1) is 14.0. The minimum Gasteiger partial charge on any atom is -0.379 e. The van der Waals surface area contributed by atoms with Gasteiger partial charge in [0.05, 0.1) is 24.5 Å². The Bertz CT molecular complexity index is 769. The van der Waals surface area contributed by atoms with Crippen LogP contribution >= 0.6 is 0 Å². The molecule has 0 aliphatic carbocycles. The molecule has 3 aliphatic heterocycles. The van der Waals surface area contributed by atoms with Gasteiger partial charge in [-0.3, -0.25) is 9.69 Å². The van der Waals surface area contributed by atoms with Crippen molar-refractivity contribution in [2.24, 2.45) is 4.40 Å². The van der Waals surface area contributed by atoms with Crippen molar-refractivity contribution in [1.82, 2.24) is 14.7 Å². The van der Waals surface area contributed by atoms with Gasteiger partial charge in [0.25, 0.3) is 15.9 Å².